The lowest BCUT2D eigenvalue weighted by molar-refractivity contribution is -0.279. The lowest BCUT2D eigenvalue weighted by Gasteiger charge is -2.75. The van der Waals surface area contributed by atoms with Gasteiger partial charge in [-0.05, 0) is 103 Å². The van der Waals surface area contributed by atoms with Crippen LogP contribution in [0.15, 0.2) is 0 Å². The number of fused-ring (bicyclic) bond motifs is 7. The normalized spacial score (nSPS) is 58.0. The molecule has 188 valence electrons. The van der Waals surface area contributed by atoms with E-state index in [1.165, 1.54) is 12.8 Å². The first-order valence-corrected chi connectivity index (χ1v) is 14.0. The van der Waals surface area contributed by atoms with E-state index < -0.39 is 0 Å². The van der Waals surface area contributed by atoms with Gasteiger partial charge in [0.05, 0.1) is 6.10 Å². The zero-order valence-corrected chi connectivity index (χ0v) is 22.5. The number of Topliss-reactive ketones (excluding diaryl/α,β-unsaturated/α-hetero) is 1. The fourth-order valence-electron chi connectivity index (χ4n) is 11.3. The Balaban J connectivity index is 1.58. The molecular formula is C30H50O3. The van der Waals surface area contributed by atoms with Crippen LogP contribution < -0.4 is 0 Å². The fraction of sp³-hybridized carbons (Fsp3) is 0.967. The molecule has 0 spiro atoms. The van der Waals surface area contributed by atoms with Crippen molar-refractivity contribution >= 4 is 5.78 Å². The second kappa shape index (κ2) is 7.09. The van der Waals surface area contributed by atoms with E-state index in [0.29, 0.717) is 30.1 Å². The Morgan fingerprint density at radius 1 is 0.818 bits per heavy atom. The van der Waals surface area contributed by atoms with Crippen molar-refractivity contribution in [1.29, 1.82) is 0 Å². The third kappa shape index (κ3) is 2.85. The molecule has 33 heavy (non-hydrogen) atoms. The zero-order chi connectivity index (χ0) is 24.2. The summed E-state index contributed by atoms with van der Waals surface area (Å²) in [4.78, 5) is 12.7. The number of carbonyl (C=O) groups excluding carboxylic acids is 1. The molecule has 0 heterocycles. The molecule has 0 saturated heterocycles. The number of ketones is 1. The summed E-state index contributed by atoms with van der Waals surface area (Å²) in [6.07, 6.45) is 10.5. The minimum absolute atomic E-state index is 0.0332. The van der Waals surface area contributed by atoms with Gasteiger partial charge >= 0.3 is 0 Å². The van der Waals surface area contributed by atoms with Gasteiger partial charge < -0.3 is 10.2 Å². The van der Waals surface area contributed by atoms with E-state index >= 15 is 0 Å². The van der Waals surface area contributed by atoms with Crippen LogP contribution in [0.5, 0.6) is 0 Å². The van der Waals surface area contributed by atoms with Gasteiger partial charge in [-0.25, -0.2) is 0 Å². The Morgan fingerprint density at radius 3 is 2.18 bits per heavy atom. The molecule has 0 aromatic carbocycles. The molecule has 5 aliphatic rings. The average molecular weight is 459 g/mol. The molecule has 0 unspecified atom stereocenters. The summed E-state index contributed by atoms with van der Waals surface area (Å²) >= 11 is 0. The van der Waals surface area contributed by atoms with E-state index in [2.05, 4.69) is 48.5 Å². The van der Waals surface area contributed by atoms with Gasteiger partial charge in [0.2, 0.25) is 0 Å². The summed E-state index contributed by atoms with van der Waals surface area (Å²) in [6, 6.07) is 0. The van der Waals surface area contributed by atoms with Crippen LogP contribution >= 0.6 is 0 Å². The third-order valence-corrected chi connectivity index (χ3v) is 13.8. The van der Waals surface area contributed by atoms with Crippen LogP contribution in [0.25, 0.3) is 0 Å². The Labute approximate surface area is 202 Å². The summed E-state index contributed by atoms with van der Waals surface area (Å²) < 4.78 is 0. The smallest absolute Gasteiger partial charge is 0.136 e. The molecule has 10 atom stereocenters. The molecule has 0 aliphatic heterocycles. The maximum absolute atomic E-state index is 12.7. The van der Waals surface area contributed by atoms with E-state index in [9.17, 15) is 15.0 Å². The van der Waals surface area contributed by atoms with Crippen molar-refractivity contribution in [3.63, 3.8) is 0 Å². The summed E-state index contributed by atoms with van der Waals surface area (Å²) in [6.45, 7) is 17.0. The average Bonchev–Trinajstić information content (AvgIpc) is 2.74. The highest BCUT2D eigenvalue weighted by molar-refractivity contribution is 5.82. The lowest BCUT2D eigenvalue weighted by atomic mass is 9.29. The first kappa shape index (κ1) is 24.3. The molecule has 0 aromatic heterocycles. The molecule has 5 aliphatic carbocycles. The molecule has 5 fully saturated rings. The largest absolute Gasteiger partial charge is 0.396 e. The minimum Gasteiger partial charge on any atom is -0.396 e. The van der Waals surface area contributed by atoms with Crippen molar-refractivity contribution in [2.75, 3.05) is 6.61 Å². The monoisotopic (exact) mass is 458 g/mol. The van der Waals surface area contributed by atoms with Crippen LogP contribution in [0.3, 0.4) is 0 Å². The van der Waals surface area contributed by atoms with Gasteiger partial charge in [0, 0.05) is 24.4 Å². The van der Waals surface area contributed by atoms with Gasteiger partial charge in [-0.3, -0.25) is 4.79 Å². The summed E-state index contributed by atoms with van der Waals surface area (Å²) in [5, 5.41) is 22.3. The summed E-state index contributed by atoms with van der Waals surface area (Å²) in [5.41, 5.74) is 0.517. The van der Waals surface area contributed by atoms with Gasteiger partial charge in [-0.2, -0.15) is 0 Å². The SMILES string of the molecule is C[C@H]1C(=O)CC[C@H]2[C@]3(C)CC[C@@]4(C)[C@@H]5CC(C)(C)[C@H](O)C[C@]5(C)CC[C@]4(CO)[C@@H]3CC[C@@]21C. The Bertz CT molecular complexity index is 834. The molecule has 5 saturated carbocycles. The van der Waals surface area contributed by atoms with Crippen molar-refractivity contribution < 1.29 is 15.0 Å². The van der Waals surface area contributed by atoms with Crippen molar-refractivity contribution in [3.8, 4) is 0 Å². The third-order valence-electron chi connectivity index (χ3n) is 13.8. The predicted octanol–water partition coefficient (Wildman–Crippen LogP) is 6.40. The molecular weight excluding hydrogens is 408 g/mol. The number of aliphatic hydroxyl groups excluding tert-OH is 2. The quantitative estimate of drug-likeness (QED) is 0.478. The second-order valence-corrected chi connectivity index (χ2v) is 15.2. The number of hydrogen-bond acceptors (Lipinski definition) is 3. The van der Waals surface area contributed by atoms with Crippen LogP contribution in [-0.2, 0) is 4.79 Å². The summed E-state index contributed by atoms with van der Waals surface area (Å²) in [7, 11) is 0. The predicted molar refractivity (Wildman–Crippen MR) is 133 cm³/mol. The lowest BCUT2D eigenvalue weighted by Crippen LogP contribution is -2.70. The Morgan fingerprint density at radius 2 is 1.52 bits per heavy atom. The summed E-state index contributed by atoms with van der Waals surface area (Å²) in [5.74, 6) is 2.32. The molecule has 0 bridgehead atoms. The fourth-order valence-corrected chi connectivity index (χ4v) is 11.3. The molecule has 2 N–H and O–H groups in total. The van der Waals surface area contributed by atoms with Crippen LogP contribution in [0, 0.1) is 56.2 Å². The zero-order valence-electron chi connectivity index (χ0n) is 22.5. The maximum Gasteiger partial charge on any atom is 0.136 e. The number of rotatable bonds is 1. The van der Waals surface area contributed by atoms with Crippen LogP contribution in [-0.4, -0.2) is 28.7 Å². The van der Waals surface area contributed by atoms with E-state index in [0.717, 1.165) is 51.4 Å². The van der Waals surface area contributed by atoms with Gasteiger partial charge in [0.25, 0.3) is 0 Å². The van der Waals surface area contributed by atoms with Crippen molar-refractivity contribution in [2.24, 2.45) is 56.2 Å². The molecule has 0 aromatic rings. The molecule has 0 amide bonds. The van der Waals surface area contributed by atoms with Crippen molar-refractivity contribution in [3.05, 3.63) is 0 Å². The number of hydrogen-bond donors (Lipinski definition) is 2. The second-order valence-electron chi connectivity index (χ2n) is 15.2. The minimum atomic E-state index is -0.227. The number of aliphatic hydroxyl groups is 2. The van der Waals surface area contributed by atoms with Crippen LogP contribution in [0.1, 0.15) is 113 Å². The van der Waals surface area contributed by atoms with E-state index in [1.54, 1.807) is 0 Å². The highest BCUT2D eigenvalue weighted by atomic mass is 16.3. The number of carbonyl (C=O) groups is 1. The van der Waals surface area contributed by atoms with E-state index in [4.69, 9.17) is 0 Å². The van der Waals surface area contributed by atoms with Gasteiger partial charge in [-0.15, -0.1) is 0 Å². The highest BCUT2D eigenvalue weighted by Gasteiger charge is 2.72. The van der Waals surface area contributed by atoms with E-state index in [1.807, 2.05) is 0 Å². The van der Waals surface area contributed by atoms with Crippen LogP contribution in [0.4, 0.5) is 0 Å². The van der Waals surface area contributed by atoms with E-state index in [-0.39, 0.29) is 44.5 Å². The molecule has 3 nitrogen and oxygen atoms in total. The van der Waals surface area contributed by atoms with Gasteiger partial charge in [0.1, 0.15) is 5.78 Å². The highest BCUT2D eigenvalue weighted by Crippen LogP contribution is 2.78. The Kier molecular flexibility index (Phi) is 5.22. The first-order chi connectivity index (χ1) is 15.2. The van der Waals surface area contributed by atoms with Crippen LogP contribution in [0.2, 0.25) is 0 Å². The van der Waals surface area contributed by atoms with Gasteiger partial charge in [-0.1, -0.05) is 48.5 Å². The molecule has 0 radical (unpaired) electrons. The van der Waals surface area contributed by atoms with Crippen molar-refractivity contribution in [2.45, 2.75) is 119 Å². The molecule has 3 heteroatoms. The van der Waals surface area contributed by atoms with Gasteiger partial charge in [0.15, 0.2) is 0 Å². The molecule has 5 rings (SSSR count). The van der Waals surface area contributed by atoms with Crippen molar-refractivity contribution in [1.82, 2.24) is 0 Å². The maximum atomic E-state index is 12.7. The topological polar surface area (TPSA) is 57.5 Å². The Hall–Kier alpha value is -0.410. The standard InChI is InChI=1S/C30H50O3/c1-19-20(32)8-9-21-27(19,5)11-10-22-28(21,6)13-14-29(7)23-16-25(2,3)24(33)17-26(23,4)12-15-30(22,29)18-31/h19,21-24,31,33H,8-18H2,1-7H3/t19-,21+,22+,23+,24+,26-,27+,28-,29-,30-/m0/s1. The first-order valence-electron chi connectivity index (χ1n) is 14.0.